The molecule has 0 bridgehead atoms. The van der Waals surface area contributed by atoms with Gasteiger partial charge in [0.1, 0.15) is 0 Å². The van der Waals surface area contributed by atoms with Crippen molar-refractivity contribution in [1.82, 2.24) is 0 Å². The SMILES string of the molecule is CC(=O)C(=O)c1ccc(Cl)cc1. The summed E-state index contributed by atoms with van der Waals surface area (Å²) in [6.45, 7) is 1.25. The second-order valence-electron chi connectivity index (χ2n) is 2.39. The van der Waals surface area contributed by atoms with Crippen LogP contribution in [0.3, 0.4) is 0 Å². The van der Waals surface area contributed by atoms with Gasteiger partial charge in [0.05, 0.1) is 0 Å². The Morgan fingerprint density at radius 1 is 1.17 bits per heavy atom. The van der Waals surface area contributed by atoms with Crippen LogP contribution in [0.5, 0.6) is 0 Å². The van der Waals surface area contributed by atoms with Gasteiger partial charge in [-0.15, -0.1) is 0 Å². The first kappa shape index (κ1) is 8.94. The summed E-state index contributed by atoms with van der Waals surface area (Å²) in [5.74, 6) is -0.941. The summed E-state index contributed by atoms with van der Waals surface area (Å²) in [6.07, 6.45) is 0. The lowest BCUT2D eigenvalue weighted by atomic mass is 10.1. The van der Waals surface area contributed by atoms with E-state index in [-0.39, 0.29) is 0 Å². The Labute approximate surface area is 75.2 Å². The third kappa shape index (κ3) is 1.92. The quantitative estimate of drug-likeness (QED) is 0.519. The van der Waals surface area contributed by atoms with Gasteiger partial charge in [0.2, 0.25) is 5.78 Å². The third-order valence-electron chi connectivity index (χ3n) is 1.43. The molecular formula is C9H7ClO2. The van der Waals surface area contributed by atoms with Crippen molar-refractivity contribution in [3.63, 3.8) is 0 Å². The minimum atomic E-state index is -0.480. The normalized spacial score (nSPS) is 9.50. The van der Waals surface area contributed by atoms with E-state index in [1.54, 1.807) is 12.1 Å². The Kier molecular flexibility index (Phi) is 2.61. The van der Waals surface area contributed by atoms with E-state index in [0.717, 1.165) is 0 Å². The number of carbonyl (C=O) groups is 2. The second kappa shape index (κ2) is 3.50. The molecule has 1 aromatic rings. The summed E-state index contributed by atoms with van der Waals surface area (Å²) in [7, 11) is 0. The van der Waals surface area contributed by atoms with Crippen LogP contribution >= 0.6 is 11.6 Å². The molecule has 0 saturated heterocycles. The zero-order valence-electron chi connectivity index (χ0n) is 6.50. The zero-order chi connectivity index (χ0) is 9.14. The summed E-state index contributed by atoms with van der Waals surface area (Å²) < 4.78 is 0. The molecule has 0 N–H and O–H groups in total. The maximum atomic E-state index is 11.1. The van der Waals surface area contributed by atoms with Gasteiger partial charge in [-0.05, 0) is 24.3 Å². The Morgan fingerprint density at radius 3 is 2.08 bits per heavy atom. The summed E-state index contributed by atoms with van der Waals surface area (Å²) in [5.41, 5.74) is 0.381. The average Bonchev–Trinajstić information content (AvgIpc) is 2.04. The number of benzene rings is 1. The number of hydrogen-bond donors (Lipinski definition) is 0. The lowest BCUT2D eigenvalue weighted by Gasteiger charge is -1.95. The Balaban J connectivity index is 2.98. The van der Waals surface area contributed by atoms with Gasteiger partial charge in [0.15, 0.2) is 5.78 Å². The molecule has 0 amide bonds. The molecule has 2 nitrogen and oxygen atoms in total. The van der Waals surface area contributed by atoms with E-state index in [0.29, 0.717) is 10.6 Å². The molecule has 0 radical (unpaired) electrons. The van der Waals surface area contributed by atoms with E-state index in [9.17, 15) is 9.59 Å². The summed E-state index contributed by atoms with van der Waals surface area (Å²) in [5, 5.41) is 0.551. The molecule has 0 aliphatic carbocycles. The first-order chi connectivity index (χ1) is 5.61. The van der Waals surface area contributed by atoms with Crippen LogP contribution in [0.25, 0.3) is 0 Å². The fourth-order valence-corrected chi connectivity index (χ4v) is 0.931. The van der Waals surface area contributed by atoms with E-state index < -0.39 is 11.6 Å². The lowest BCUT2D eigenvalue weighted by molar-refractivity contribution is -0.113. The Bertz CT molecular complexity index is 314. The van der Waals surface area contributed by atoms with E-state index in [1.807, 2.05) is 0 Å². The van der Waals surface area contributed by atoms with Gasteiger partial charge in [-0.3, -0.25) is 9.59 Å². The molecule has 3 heteroatoms. The van der Waals surface area contributed by atoms with Crippen molar-refractivity contribution >= 4 is 23.2 Å². The number of rotatable bonds is 2. The molecule has 1 rings (SSSR count). The smallest absolute Gasteiger partial charge is 0.228 e. The molecule has 62 valence electrons. The monoisotopic (exact) mass is 182 g/mol. The molecule has 12 heavy (non-hydrogen) atoms. The number of ketones is 2. The third-order valence-corrected chi connectivity index (χ3v) is 1.68. The van der Waals surface area contributed by atoms with Gasteiger partial charge < -0.3 is 0 Å². The van der Waals surface area contributed by atoms with Crippen LogP contribution in [0.4, 0.5) is 0 Å². The largest absolute Gasteiger partial charge is 0.291 e. The van der Waals surface area contributed by atoms with Crippen molar-refractivity contribution in [2.24, 2.45) is 0 Å². The Hall–Kier alpha value is -1.15. The van der Waals surface area contributed by atoms with Crippen molar-refractivity contribution in [2.45, 2.75) is 6.92 Å². The van der Waals surface area contributed by atoms with Crippen LogP contribution in [0.15, 0.2) is 24.3 Å². The summed E-state index contributed by atoms with van der Waals surface area (Å²) in [6, 6.07) is 6.23. The molecule has 0 fully saturated rings. The molecule has 1 aromatic carbocycles. The highest BCUT2D eigenvalue weighted by molar-refractivity contribution is 6.43. The van der Waals surface area contributed by atoms with Crippen molar-refractivity contribution in [2.75, 3.05) is 0 Å². The van der Waals surface area contributed by atoms with Crippen LogP contribution < -0.4 is 0 Å². The van der Waals surface area contributed by atoms with E-state index in [1.165, 1.54) is 19.1 Å². The van der Waals surface area contributed by atoms with Gasteiger partial charge in [-0.1, -0.05) is 11.6 Å². The molecule has 0 aliphatic heterocycles. The Morgan fingerprint density at radius 2 is 1.67 bits per heavy atom. The lowest BCUT2D eigenvalue weighted by Crippen LogP contribution is -2.08. The molecule has 0 spiro atoms. The summed E-state index contributed by atoms with van der Waals surface area (Å²) >= 11 is 5.60. The van der Waals surface area contributed by atoms with Gasteiger partial charge >= 0.3 is 0 Å². The molecule has 0 aromatic heterocycles. The maximum Gasteiger partial charge on any atom is 0.228 e. The average molecular weight is 183 g/mol. The van der Waals surface area contributed by atoms with E-state index >= 15 is 0 Å². The summed E-state index contributed by atoms with van der Waals surface area (Å²) in [4.78, 5) is 21.7. The first-order valence-corrected chi connectivity index (χ1v) is 3.80. The minimum absolute atomic E-state index is 0.381. The van der Waals surface area contributed by atoms with E-state index in [4.69, 9.17) is 11.6 Å². The molecular weight excluding hydrogens is 176 g/mol. The molecule has 0 unspecified atom stereocenters. The molecule has 0 atom stereocenters. The van der Waals surface area contributed by atoms with Gasteiger partial charge in [0.25, 0.3) is 0 Å². The standard InChI is InChI=1S/C9H7ClO2/c1-6(11)9(12)7-2-4-8(10)5-3-7/h2-5H,1H3. The van der Waals surface area contributed by atoms with Crippen LogP contribution in [0, 0.1) is 0 Å². The molecule has 0 aliphatic rings. The fourth-order valence-electron chi connectivity index (χ4n) is 0.805. The van der Waals surface area contributed by atoms with Gasteiger partial charge in [-0.25, -0.2) is 0 Å². The predicted octanol–water partition coefficient (Wildman–Crippen LogP) is 2.11. The van der Waals surface area contributed by atoms with Crippen molar-refractivity contribution in [1.29, 1.82) is 0 Å². The number of hydrogen-bond acceptors (Lipinski definition) is 2. The molecule has 0 heterocycles. The van der Waals surface area contributed by atoms with Crippen LogP contribution in [-0.2, 0) is 4.79 Å². The van der Waals surface area contributed by atoms with Gasteiger partial charge in [-0.2, -0.15) is 0 Å². The predicted molar refractivity (Wildman–Crippen MR) is 46.5 cm³/mol. The van der Waals surface area contributed by atoms with Crippen molar-refractivity contribution < 1.29 is 9.59 Å². The van der Waals surface area contributed by atoms with Crippen LogP contribution in [0.1, 0.15) is 17.3 Å². The zero-order valence-corrected chi connectivity index (χ0v) is 7.26. The van der Waals surface area contributed by atoms with Crippen molar-refractivity contribution in [3.8, 4) is 0 Å². The fraction of sp³-hybridized carbons (Fsp3) is 0.111. The molecule has 0 saturated carbocycles. The number of halogens is 1. The topological polar surface area (TPSA) is 34.1 Å². The van der Waals surface area contributed by atoms with Crippen LogP contribution in [0.2, 0.25) is 5.02 Å². The minimum Gasteiger partial charge on any atom is -0.291 e. The van der Waals surface area contributed by atoms with Gasteiger partial charge in [0, 0.05) is 17.5 Å². The highest BCUT2D eigenvalue weighted by Gasteiger charge is 2.09. The number of carbonyl (C=O) groups excluding carboxylic acids is 2. The van der Waals surface area contributed by atoms with E-state index in [2.05, 4.69) is 0 Å². The van der Waals surface area contributed by atoms with Crippen LogP contribution in [-0.4, -0.2) is 11.6 Å². The second-order valence-corrected chi connectivity index (χ2v) is 2.83. The first-order valence-electron chi connectivity index (χ1n) is 3.42. The highest BCUT2D eigenvalue weighted by Crippen LogP contribution is 2.09. The number of Topliss-reactive ketones (excluding diaryl/α,β-unsaturated/α-hetero) is 2. The maximum absolute atomic E-state index is 11.1. The van der Waals surface area contributed by atoms with Crippen molar-refractivity contribution in [3.05, 3.63) is 34.9 Å². The highest BCUT2D eigenvalue weighted by atomic mass is 35.5.